The van der Waals surface area contributed by atoms with E-state index in [-0.39, 0.29) is 11.5 Å². The fourth-order valence-electron chi connectivity index (χ4n) is 1.87. The quantitative estimate of drug-likeness (QED) is 0.496. The average Bonchev–Trinajstić information content (AvgIpc) is 2.66. The lowest BCUT2D eigenvalue weighted by molar-refractivity contribution is -0.0564. The maximum atomic E-state index is 9.86. The fourth-order valence-corrected chi connectivity index (χ4v) is 1.87. The Balaban J connectivity index is 2.35. The fraction of sp³-hybridized carbons (Fsp3) is 0.600. The Morgan fingerprint density at radius 2 is 2.22 bits per heavy atom. The van der Waals surface area contributed by atoms with Gasteiger partial charge in [0.15, 0.2) is 11.7 Å². The van der Waals surface area contributed by atoms with Gasteiger partial charge in [-0.3, -0.25) is 9.98 Å². The van der Waals surface area contributed by atoms with Gasteiger partial charge in [0.25, 0.3) is 6.01 Å². The molecule has 1 aromatic heterocycles. The summed E-state index contributed by atoms with van der Waals surface area (Å²) in [6.07, 6.45) is -2.71. The minimum absolute atomic E-state index is 0.00911. The third kappa shape index (κ3) is 2.10. The average molecular weight is 257 g/mol. The summed E-state index contributed by atoms with van der Waals surface area (Å²) < 4.78 is 11.7. The zero-order valence-corrected chi connectivity index (χ0v) is 9.72. The lowest BCUT2D eigenvalue weighted by Crippen LogP contribution is -2.33. The van der Waals surface area contributed by atoms with E-state index in [2.05, 4.69) is 4.98 Å². The first-order valence-electron chi connectivity index (χ1n) is 5.38. The van der Waals surface area contributed by atoms with Crippen LogP contribution in [0.25, 0.3) is 0 Å². The first-order chi connectivity index (χ1) is 8.58. The molecule has 4 N–H and O–H groups in total. The number of aliphatic hydroxyl groups excluding tert-OH is 3. The number of nitrogens with zero attached hydrogens (tertiary/aromatic N) is 2. The van der Waals surface area contributed by atoms with Gasteiger partial charge < -0.3 is 24.8 Å². The van der Waals surface area contributed by atoms with Gasteiger partial charge in [-0.1, -0.05) is 0 Å². The molecule has 0 amide bonds. The van der Waals surface area contributed by atoms with E-state index >= 15 is 0 Å². The van der Waals surface area contributed by atoms with Crippen LogP contribution in [0, 0.1) is 5.41 Å². The molecule has 2 rings (SSSR count). The molecule has 0 aromatic carbocycles. The molecule has 18 heavy (non-hydrogen) atoms. The molecule has 1 aromatic rings. The van der Waals surface area contributed by atoms with Crippen molar-refractivity contribution in [2.45, 2.75) is 24.5 Å². The second-order valence-electron chi connectivity index (χ2n) is 3.94. The molecule has 1 aliphatic heterocycles. The van der Waals surface area contributed by atoms with E-state index in [9.17, 15) is 10.2 Å². The van der Waals surface area contributed by atoms with Crippen molar-refractivity contribution < 1.29 is 24.8 Å². The SMILES string of the molecule is COc1nc(=N)ccn1[C@@H]1O[C@H](CO)[C@@H](O)[C@H]1O. The normalized spacial score (nSPS) is 31.6. The molecule has 0 unspecified atom stereocenters. The van der Waals surface area contributed by atoms with E-state index in [1.807, 2.05) is 0 Å². The third-order valence-corrected chi connectivity index (χ3v) is 2.80. The standard InChI is InChI=1S/C10H15N3O5/c1-17-10-12-6(11)2-3-13(10)9-8(16)7(15)5(4-14)18-9/h2-3,5,7-9,11,14-16H,4H2,1H3/t5-,7-,8-,9-/m1/s1. The van der Waals surface area contributed by atoms with Crippen molar-refractivity contribution in [1.29, 1.82) is 5.41 Å². The summed E-state index contributed by atoms with van der Waals surface area (Å²) in [6, 6.07) is 1.48. The smallest absolute Gasteiger partial charge is 0.300 e. The molecule has 4 atom stereocenters. The van der Waals surface area contributed by atoms with Crippen molar-refractivity contribution >= 4 is 0 Å². The number of aliphatic hydroxyl groups is 3. The van der Waals surface area contributed by atoms with Crippen molar-refractivity contribution in [1.82, 2.24) is 9.55 Å². The molecule has 0 radical (unpaired) electrons. The lowest BCUT2D eigenvalue weighted by Gasteiger charge is -2.20. The molecular formula is C10H15N3O5. The molecular weight excluding hydrogens is 242 g/mol. The van der Waals surface area contributed by atoms with Gasteiger partial charge in [-0.2, -0.15) is 4.98 Å². The Morgan fingerprint density at radius 3 is 2.78 bits per heavy atom. The predicted molar refractivity (Wildman–Crippen MR) is 57.6 cm³/mol. The monoisotopic (exact) mass is 257 g/mol. The van der Waals surface area contributed by atoms with Gasteiger partial charge in [0.05, 0.1) is 13.7 Å². The first-order valence-corrected chi connectivity index (χ1v) is 5.38. The molecule has 1 saturated heterocycles. The number of methoxy groups -OCH3 is 1. The lowest BCUT2D eigenvalue weighted by atomic mass is 10.1. The number of nitrogens with one attached hydrogen (secondary N) is 1. The van der Waals surface area contributed by atoms with E-state index in [4.69, 9.17) is 20.0 Å². The van der Waals surface area contributed by atoms with Gasteiger partial charge in [0.2, 0.25) is 0 Å². The highest BCUT2D eigenvalue weighted by Crippen LogP contribution is 2.30. The van der Waals surface area contributed by atoms with E-state index in [1.54, 1.807) is 0 Å². The molecule has 1 fully saturated rings. The summed E-state index contributed by atoms with van der Waals surface area (Å²) in [4.78, 5) is 3.82. The maximum Gasteiger partial charge on any atom is 0.300 e. The number of hydrogen-bond donors (Lipinski definition) is 4. The van der Waals surface area contributed by atoms with E-state index in [0.717, 1.165) is 0 Å². The van der Waals surface area contributed by atoms with Gasteiger partial charge in [-0.25, -0.2) is 0 Å². The molecule has 1 aliphatic rings. The van der Waals surface area contributed by atoms with E-state index in [1.165, 1.54) is 23.9 Å². The molecule has 0 spiro atoms. The van der Waals surface area contributed by atoms with Crippen LogP contribution in [0.1, 0.15) is 6.23 Å². The molecule has 0 saturated carbocycles. The van der Waals surface area contributed by atoms with Crippen LogP contribution in [-0.4, -0.2) is 56.9 Å². The number of aromatic nitrogens is 2. The minimum Gasteiger partial charge on any atom is -0.468 e. The van der Waals surface area contributed by atoms with Crippen molar-refractivity contribution in [3.8, 4) is 6.01 Å². The zero-order valence-electron chi connectivity index (χ0n) is 9.72. The van der Waals surface area contributed by atoms with Crippen molar-refractivity contribution in [2.24, 2.45) is 0 Å². The Hall–Kier alpha value is -1.48. The summed E-state index contributed by atoms with van der Waals surface area (Å²) in [7, 11) is 1.37. The molecule has 0 bridgehead atoms. The highest BCUT2D eigenvalue weighted by Gasteiger charge is 2.43. The third-order valence-electron chi connectivity index (χ3n) is 2.80. The molecule has 0 aliphatic carbocycles. The van der Waals surface area contributed by atoms with Crippen LogP contribution < -0.4 is 10.2 Å². The number of rotatable bonds is 3. The second-order valence-corrected chi connectivity index (χ2v) is 3.94. The Morgan fingerprint density at radius 1 is 1.50 bits per heavy atom. The summed E-state index contributed by atoms with van der Waals surface area (Å²) >= 11 is 0. The van der Waals surface area contributed by atoms with Crippen LogP contribution >= 0.6 is 0 Å². The predicted octanol–water partition coefficient (Wildman–Crippen LogP) is -2.02. The van der Waals surface area contributed by atoms with Crippen LogP contribution in [0.4, 0.5) is 0 Å². The van der Waals surface area contributed by atoms with Crippen LogP contribution in [-0.2, 0) is 4.74 Å². The maximum absolute atomic E-state index is 9.86. The van der Waals surface area contributed by atoms with Gasteiger partial charge in [-0.05, 0) is 6.07 Å². The Labute approximate surface area is 103 Å². The van der Waals surface area contributed by atoms with Crippen LogP contribution in [0.15, 0.2) is 12.3 Å². The summed E-state index contributed by atoms with van der Waals surface area (Å²) in [5.74, 6) is 0. The topological polar surface area (TPSA) is 121 Å². The number of hydrogen-bond acceptors (Lipinski definition) is 7. The van der Waals surface area contributed by atoms with Crippen LogP contribution in [0.5, 0.6) is 6.01 Å². The second kappa shape index (κ2) is 5.02. The van der Waals surface area contributed by atoms with Crippen molar-refractivity contribution in [3.05, 3.63) is 17.8 Å². The highest BCUT2D eigenvalue weighted by atomic mass is 16.6. The summed E-state index contributed by atoms with van der Waals surface area (Å²) in [5, 5.41) is 35.9. The molecule has 8 nitrogen and oxygen atoms in total. The molecule has 100 valence electrons. The minimum atomic E-state index is -1.21. The molecule has 8 heteroatoms. The summed E-state index contributed by atoms with van der Waals surface area (Å²) in [5.41, 5.74) is 0.00911. The summed E-state index contributed by atoms with van der Waals surface area (Å²) in [6.45, 7) is -0.401. The van der Waals surface area contributed by atoms with E-state index < -0.39 is 31.1 Å². The number of ether oxygens (including phenoxy) is 2. The largest absolute Gasteiger partial charge is 0.468 e. The Bertz CT molecular complexity index is 477. The van der Waals surface area contributed by atoms with Gasteiger partial charge >= 0.3 is 0 Å². The van der Waals surface area contributed by atoms with Crippen LogP contribution in [0.2, 0.25) is 0 Å². The van der Waals surface area contributed by atoms with Gasteiger partial charge in [0.1, 0.15) is 18.3 Å². The van der Waals surface area contributed by atoms with E-state index in [0.29, 0.717) is 0 Å². The molecule has 2 heterocycles. The highest BCUT2D eigenvalue weighted by molar-refractivity contribution is 5.02. The van der Waals surface area contributed by atoms with Crippen molar-refractivity contribution in [3.63, 3.8) is 0 Å². The Kier molecular flexibility index (Phi) is 3.62. The van der Waals surface area contributed by atoms with Crippen LogP contribution in [0.3, 0.4) is 0 Å². The first kappa shape index (κ1) is 13.0. The van der Waals surface area contributed by atoms with Crippen molar-refractivity contribution in [2.75, 3.05) is 13.7 Å². The zero-order chi connectivity index (χ0) is 13.3. The van der Waals surface area contributed by atoms with Gasteiger partial charge in [-0.15, -0.1) is 0 Å². The van der Waals surface area contributed by atoms with Gasteiger partial charge in [0, 0.05) is 6.20 Å².